The van der Waals surface area contributed by atoms with E-state index in [-0.39, 0.29) is 47.8 Å². The summed E-state index contributed by atoms with van der Waals surface area (Å²) in [5.41, 5.74) is 27.0. The van der Waals surface area contributed by atoms with Gasteiger partial charge in [-0.25, -0.2) is 19.7 Å². The SMILES string of the molecule is CN(C)CCCN.CN(C)CCCNC(=O)c1ccc(C(=O)NCCCN(C)C)cc1.CN(C)c1ccc(CN)cc1.CN(C)c1ccc(CNC(=O)c2ccc(C(=O)NCc3ccc(N(C)C)cc3)cc2)cc1.COCCOC(=O)c1ccc(C(C)=O)cc1.NCCCn1ccnc1.O=C(NCCCn1ccnc1)c1ccc(C(=O)NCCCn2ccnc2)cc1. The van der Waals surface area contributed by atoms with E-state index in [0.29, 0.717) is 96.9 Å². The molecule has 0 atom stereocenters. The van der Waals surface area contributed by atoms with E-state index in [1.54, 1.807) is 135 Å². The van der Waals surface area contributed by atoms with Crippen LogP contribution in [0.15, 0.2) is 226 Å². The summed E-state index contributed by atoms with van der Waals surface area (Å²) in [7, 11) is 25.7. The molecule has 31 heteroatoms. The maximum Gasteiger partial charge on any atom is 0.338 e. The summed E-state index contributed by atoms with van der Waals surface area (Å²) in [5.74, 6) is -1.27. The van der Waals surface area contributed by atoms with Crippen molar-refractivity contribution in [2.45, 2.75) is 84.7 Å². The number of ether oxygens (including phenoxy) is 2. The fraction of sp³-hybridized carbons (Fsp3) is 0.385. The number of aryl methyl sites for hydroxylation is 3. The van der Waals surface area contributed by atoms with Crippen LogP contribution in [0.2, 0.25) is 0 Å². The maximum atomic E-state index is 12.4. The fourth-order valence-corrected chi connectivity index (χ4v) is 11.3. The number of rotatable bonds is 41. The highest BCUT2D eigenvalue weighted by atomic mass is 16.6. The third-order valence-corrected chi connectivity index (χ3v) is 18.8. The number of carbonyl (C=O) groups excluding carboxylic acids is 8. The highest BCUT2D eigenvalue weighted by Gasteiger charge is 2.15. The van der Waals surface area contributed by atoms with Crippen molar-refractivity contribution in [3.8, 4) is 0 Å². The van der Waals surface area contributed by atoms with E-state index >= 15 is 0 Å². The van der Waals surface area contributed by atoms with E-state index in [1.165, 1.54) is 25.3 Å². The van der Waals surface area contributed by atoms with Crippen molar-refractivity contribution in [2.75, 3.05) is 178 Å². The Morgan fingerprint density at radius 1 is 0.331 bits per heavy atom. The molecule has 0 saturated heterocycles. The van der Waals surface area contributed by atoms with E-state index in [2.05, 4.69) is 105 Å². The highest BCUT2D eigenvalue weighted by molar-refractivity contribution is 6.00. The molecule has 0 bridgehead atoms. The molecule has 0 spiro atoms. The number of methoxy groups -OCH3 is 1. The molecular formula is C96H137N21O10. The van der Waals surface area contributed by atoms with Crippen LogP contribution < -0.4 is 63.8 Å². The first-order chi connectivity index (χ1) is 61.0. The summed E-state index contributed by atoms with van der Waals surface area (Å²) in [6, 6.07) is 50.8. The minimum Gasteiger partial charge on any atom is -0.460 e. The summed E-state index contributed by atoms with van der Waals surface area (Å²) in [5, 5.41) is 17.4. The van der Waals surface area contributed by atoms with Crippen molar-refractivity contribution in [3.05, 3.63) is 287 Å². The van der Waals surface area contributed by atoms with Crippen molar-refractivity contribution < 1.29 is 47.8 Å². The summed E-state index contributed by atoms with van der Waals surface area (Å²) in [4.78, 5) is 120. The van der Waals surface area contributed by atoms with Gasteiger partial charge in [0.2, 0.25) is 0 Å². The number of esters is 1. The lowest BCUT2D eigenvalue weighted by molar-refractivity contribution is 0.0387. The first-order valence-electron chi connectivity index (χ1n) is 42.5. The van der Waals surface area contributed by atoms with Crippen LogP contribution in [-0.4, -0.2) is 254 Å². The Morgan fingerprint density at radius 2 is 0.606 bits per heavy atom. The number of amides is 6. The van der Waals surface area contributed by atoms with Gasteiger partial charge in [-0.2, -0.15) is 0 Å². The highest BCUT2D eigenvalue weighted by Crippen LogP contribution is 2.17. The quantitative estimate of drug-likeness (QED) is 0.00977. The molecule has 686 valence electrons. The summed E-state index contributed by atoms with van der Waals surface area (Å²) in [6.45, 7) is 13.2. The van der Waals surface area contributed by atoms with Crippen molar-refractivity contribution in [2.24, 2.45) is 17.2 Å². The largest absolute Gasteiger partial charge is 0.460 e. The standard InChI is InChI=1S/C26H30N4O2.C20H24N6O2.C18H30N4O2.C12H14O4.C9H14N2.C6H11N3.C5H14N2/c1-29(2)23-13-5-19(6-14-23)17-27-25(31)21-9-11-22(12-10-21)26(32)28-18-20-7-15-24(16-8-20)30(3)4;27-19(23-7-1-11-25-13-9-21-15-25)17-3-5-18(6-4-17)20(28)24-8-2-12-26-14-10-22-16-26;1-21(2)13-5-11-19-17(23)15-7-9-16(10-8-15)18(24)20-12-6-14-22(3)4;1-9(13)10-3-5-11(6-4-10)12(14)16-8-7-15-2;1-11(2)9-5-3-8(7-10)4-6-9;7-2-1-4-9-5-3-8-6-9;1-7(2)5-3-4-6/h5-16H,17-18H2,1-4H3,(H,27,31)(H,28,32);3-6,9-10,13-16H,1-2,7-8,11-12H2,(H,23,27)(H,24,28);7-10H,5-6,11-14H2,1-4H3,(H,19,23)(H,20,24);3-6H,7-8H2,1-2H3;3-6H,7,10H2,1-2H3;3,5-6H,1-2,4,7H2;3-6H2,1-2H3. The smallest absolute Gasteiger partial charge is 0.338 e. The molecule has 3 heterocycles. The normalized spacial score (nSPS) is 10.4. The first-order valence-corrected chi connectivity index (χ1v) is 42.5. The van der Waals surface area contributed by atoms with Gasteiger partial charge >= 0.3 is 5.97 Å². The summed E-state index contributed by atoms with van der Waals surface area (Å²) >= 11 is 0. The van der Waals surface area contributed by atoms with Crippen molar-refractivity contribution in [1.29, 1.82) is 0 Å². The number of Topliss-reactive ketones (excluding diaryl/α,β-unsaturated/α-hetero) is 1. The van der Waals surface area contributed by atoms with Gasteiger partial charge in [-0.3, -0.25) is 33.6 Å². The number of hydrogen-bond acceptors (Lipinski definition) is 22. The van der Waals surface area contributed by atoms with Gasteiger partial charge in [0.05, 0.1) is 31.2 Å². The second kappa shape index (κ2) is 62.4. The van der Waals surface area contributed by atoms with Gasteiger partial charge in [0.15, 0.2) is 5.78 Å². The number of anilines is 3. The molecule has 7 aromatic carbocycles. The average molecular weight is 1750 g/mol. The molecular weight excluding hydrogens is 1610 g/mol. The zero-order valence-corrected chi connectivity index (χ0v) is 76.8. The fourth-order valence-electron chi connectivity index (χ4n) is 11.3. The predicted octanol–water partition coefficient (Wildman–Crippen LogP) is 9.48. The van der Waals surface area contributed by atoms with Crippen LogP contribution in [0, 0.1) is 0 Å². The van der Waals surface area contributed by atoms with Crippen LogP contribution in [-0.2, 0) is 48.7 Å². The van der Waals surface area contributed by atoms with Crippen molar-refractivity contribution in [1.82, 2.24) is 75.3 Å². The first kappa shape index (κ1) is 107. The van der Waals surface area contributed by atoms with Crippen LogP contribution in [0.3, 0.4) is 0 Å². The molecule has 0 aliphatic heterocycles. The second-order valence-corrected chi connectivity index (χ2v) is 30.8. The zero-order valence-electron chi connectivity index (χ0n) is 76.8. The Kier molecular flexibility index (Phi) is 52.4. The lowest BCUT2D eigenvalue weighted by atomic mass is 10.1. The number of imidazole rings is 3. The van der Waals surface area contributed by atoms with Crippen LogP contribution in [0.4, 0.5) is 17.1 Å². The lowest BCUT2D eigenvalue weighted by Gasteiger charge is -2.13. The zero-order chi connectivity index (χ0) is 93.1. The van der Waals surface area contributed by atoms with Gasteiger partial charge in [-0.1, -0.05) is 48.5 Å². The number of nitrogens with zero attached hydrogens (tertiary/aromatic N) is 12. The molecule has 0 aliphatic carbocycles. The molecule has 3 aromatic heterocycles. The average Bonchev–Trinajstić information content (AvgIpc) is 1.86. The van der Waals surface area contributed by atoms with E-state index < -0.39 is 5.97 Å². The number of benzene rings is 7. The molecule has 127 heavy (non-hydrogen) atoms. The topological polar surface area (TPSA) is 378 Å². The monoisotopic (exact) mass is 1740 g/mol. The predicted molar refractivity (Wildman–Crippen MR) is 508 cm³/mol. The molecule has 10 rings (SSSR count). The maximum absolute atomic E-state index is 12.4. The van der Waals surface area contributed by atoms with Gasteiger partial charge in [-0.05, 0) is 258 Å². The molecule has 0 aliphatic rings. The number of carbonyl (C=O) groups is 8. The minimum absolute atomic E-state index is 0.0284. The van der Waals surface area contributed by atoms with Gasteiger partial charge in [0, 0.05) is 208 Å². The number of nitrogens with two attached hydrogens (primary N) is 3. The Labute approximate surface area is 751 Å². The van der Waals surface area contributed by atoms with Crippen LogP contribution in [0.1, 0.15) is 145 Å². The van der Waals surface area contributed by atoms with E-state index in [4.69, 9.17) is 26.7 Å². The van der Waals surface area contributed by atoms with Crippen LogP contribution in [0.25, 0.3) is 0 Å². The lowest BCUT2D eigenvalue weighted by Crippen LogP contribution is -2.28. The Balaban J connectivity index is 0.000000327. The van der Waals surface area contributed by atoms with Gasteiger partial charge in [-0.15, -0.1) is 0 Å². The van der Waals surface area contributed by atoms with Crippen LogP contribution in [0.5, 0.6) is 0 Å². The molecule has 10 aromatic rings. The summed E-state index contributed by atoms with van der Waals surface area (Å²) < 4.78 is 15.6. The second-order valence-electron chi connectivity index (χ2n) is 30.8. The van der Waals surface area contributed by atoms with Crippen molar-refractivity contribution >= 4 is 64.3 Å². The molecule has 0 saturated carbocycles. The third kappa shape index (κ3) is 45.6. The molecule has 31 nitrogen and oxygen atoms in total. The summed E-state index contributed by atoms with van der Waals surface area (Å²) in [6.07, 6.45) is 21.9. The third-order valence-electron chi connectivity index (χ3n) is 18.8. The van der Waals surface area contributed by atoms with Gasteiger partial charge < -0.3 is 102 Å². The number of aromatic nitrogens is 6. The molecule has 0 unspecified atom stereocenters. The van der Waals surface area contributed by atoms with E-state index in [9.17, 15) is 38.4 Å². The van der Waals surface area contributed by atoms with Gasteiger partial charge in [0.1, 0.15) is 6.61 Å². The number of ketones is 1. The van der Waals surface area contributed by atoms with Crippen molar-refractivity contribution in [3.63, 3.8) is 0 Å². The molecule has 12 N–H and O–H groups in total. The minimum atomic E-state index is -0.410. The Morgan fingerprint density at radius 3 is 0.866 bits per heavy atom. The van der Waals surface area contributed by atoms with E-state index in [0.717, 1.165) is 113 Å². The molecule has 0 radical (unpaired) electrons. The number of nitrogens with one attached hydrogen (secondary N) is 6. The van der Waals surface area contributed by atoms with Crippen LogP contribution >= 0.6 is 0 Å². The Bertz CT molecular complexity index is 4460. The Hall–Kier alpha value is -12.8. The number of hydrogen-bond donors (Lipinski definition) is 9. The molecule has 6 amide bonds. The van der Waals surface area contributed by atoms with Gasteiger partial charge in [0.25, 0.3) is 35.4 Å². The molecule has 0 fully saturated rings. The van der Waals surface area contributed by atoms with E-state index in [1.807, 2.05) is 161 Å².